The molecule has 0 N–H and O–H groups in total. The van der Waals surface area contributed by atoms with Crippen LogP contribution >= 0.6 is 12.6 Å². The first-order chi connectivity index (χ1) is 6.74. The van der Waals surface area contributed by atoms with E-state index in [0.29, 0.717) is 11.0 Å². The molecule has 0 saturated carbocycles. The zero-order valence-corrected chi connectivity index (χ0v) is 7.91. The number of thiol groups is 1. The van der Waals surface area contributed by atoms with Crippen molar-refractivity contribution in [3.05, 3.63) is 40.1 Å². The summed E-state index contributed by atoms with van der Waals surface area (Å²) in [4.78, 5) is 11.6. The van der Waals surface area contributed by atoms with Crippen molar-refractivity contribution in [1.82, 2.24) is 0 Å². The van der Waals surface area contributed by atoms with Gasteiger partial charge >= 0.3 is 0 Å². The van der Waals surface area contributed by atoms with E-state index in [9.17, 15) is 4.79 Å². The van der Waals surface area contributed by atoms with E-state index in [1.165, 1.54) is 0 Å². The molecule has 14 heavy (non-hydrogen) atoms. The Morgan fingerprint density at radius 3 is 2.79 bits per heavy atom. The van der Waals surface area contributed by atoms with E-state index in [1.807, 2.05) is 0 Å². The summed E-state index contributed by atoms with van der Waals surface area (Å²) in [5.41, 5.74) is 0.0629. The highest BCUT2D eigenvalue weighted by molar-refractivity contribution is 7.80. The van der Waals surface area contributed by atoms with Gasteiger partial charge in [-0.2, -0.15) is 5.26 Å². The lowest BCUT2D eigenvalue weighted by molar-refractivity contribution is 0.499. The van der Waals surface area contributed by atoms with Crippen LogP contribution in [0.5, 0.6) is 0 Å². The lowest BCUT2D eigenvalue weighted by Gasteiger charge is -1.98. The molecule has 3 nitrogen and oxygen atoms in total. The van der Waals surface area contributed by atoms with Crippen molar-refractivity contribution in [2.24, 2.45) is 0 Å². The minimum absolute atomic E-state index is 0.0490. The van der Waals surface area contributed by atoms with Gasteiger partial charge in [0, 0.05) is 0 Å². The fraction of sp³-hybridized carbons (Fsp3) is 0. The molecule has 0 amide bonds. The van der Waals surface area contributed by atoms with Gasteiger partial charge in [-0.05, 0) is 12.1 Å². The van der Waals surface area contributed by atoms with Crippen LogP contribution in [-0.4, -0.2) is 0 Å². The first kappa shape index (κ1) is 8.85. The Labute approximate surface area is 85.0 Å². The fourth-order valence-corrected chi connectivity index (χ4v) is 1.48. The molecule has 1 heterocycles. The van der Waals surface area contributed by atoms with Gasteiger partial charge in [0.05, 0.1) is 5.39 Å². The molecular formula is C10H5NO2S. The maximum Gasteiger partial charge on any atom is 0.211 e. The van der Waals surface area contributed by atoms with Crippen molar-refractivity contribution >= 4 is 23.6 Å². The molecule has 4 heteroatoms. The third-order valence-electron chi connectivity index (χ3n) is 1.89. The van der Waals surface area contributed by atoms with Gasteiger partial charge in [-0.15, -0.1) is 12.6 Å². The summed E-state index contributed by atoms with van der Waals surface area (Å²) in [6.07, 6.45) is 0. The van der Waals surface area contributed by atoms with Crippen LogP contribution in [0.25, 0.3) is 11.0 Å². The molecule has 2 rings (SSSR count). The minimum atomic E-state index is -0.334. The molecule has 0 saturated heterocycles. The van der Waals surface area contributed by atoms with Crippen LogP contribution in [0.4, 0.5) is 0 Å². The molecule has 0 bridgehead atoms. The summed E-state index contributed by atoms with van der Waals surface area (Å²) in [7, 11) is 0. The molecule has 0 aliphatic heterocycles. The van der Waals surface area contributed by atoms with Gasteiger partial charge in [0.15, 0.2) is 5.09 Å². The van der Waals surface area contributed by atoms with Crippen molar-refractivity contribution in [1.29, 1.82) is 5.26 Å². The molecule has 0 aliphatic rings. The van der Waals surface area contributed by atoms with E-state index in [4.69, 9.17) is 9.68 Å². The smallest absolute Gasteiger partial charge is 0.211 e. The van der Waals surface area contributed by atoms with E-state index in [2.05, 4.69) is 12.6 Å². The summed E-state index contributed by atoms with van der Waals surface area (Å²) in [6, 6.07) is 8.53. The molecule has 0 spiro atoms. The number of fused-ring (bicyclic) bond motifs is 1. The van der Waals surface area contributed by atoms with Crippen molar-refractivity contribution in [2.45, 2.75) is 5.09 Å². The number of benzene rings is 1. The average Bonchev–Trinajstić information content (AvgIpc) is 2.18. The standard InChI is InChI=1S/C10H5NO2S/c11-5-7-9(12)6-3-1-2-4-8(6)13-10(7)14/h1-4,14H. The third kappa shape index (κ3) is 1.19. The Bertz CT molecular complexity index is 595. The predicted molar refractivity (Wildman–Crippen MR) is 54.5 cm³/mol. The second kappa shape index (κ2) is 3.20. The van der Waals surface area contributed by atoms with Gasteiger partial charge in [-0.25, -0.2) is 0 Å². The first-order valence-corrected chi connectivity index (χ1v) is 4.33. The van der Waals surface area contributed by atoms with Gasteiger partial charge in [0.2, 0.25) is 5.43 Å². The maximum atomic E-state index is 11.6. The lowest BCUT2D eigenvalue weighted by atomic mass is 10.2. The highest BCUT2D eigenvalue weighted by Gasteiger charge is 2.10. The maximum absolute atomic E-state index is 11.6. The Morgan fingerprint density at radius 1 is 1.36 bits per heavy atom. The van der Waals surface area contributed by atoms with Crippen LogP contribution < -0.4 is 5.43 Å². The van der Waals surface area contributed by atoms with Gasteiger partial charge in [-0.1, -0.05) is 12.1 Å². The van der Waals surface area contributed by atoms with E-state index >= 15 is 0 Å². The number of hydrogen-bond donors (Lipinski definition) is 1. The van der Waals surface area contributed by atoms with Crippen molar-refractivity contribution < 1.29 is 4.42 Å². The SMILES string of the molecule is N#Cc1c(S)oc2ccccc2c1=O. The molecule has 1 aromatic carbocycles. The average molecular weight is 203 g/mol. The fourth-order valence-electron chi connectivity index (χ4n) is 1.23. The Kier molecular flexibility index (Phi) is 2.02. The highest BCUT2D eigenvalue weighted by Crippen LogP contribution is 2.17. The molecule has 2 aromatic rings. The normalized spacial score (nSPS) is 10.0. The van der Waals surface area contributed by atoms with E-state index in [0.717, 1.165) is 0 Å². The summed E-state index contributed by atoms with van der Waals surface area (Å²) in [5, 5.41) is 9.17. The molecule has 1 aromatic heterocycles. The first-order valence-electron chi connectivity index (χ1n) is 3.89. The van der Waals surface area contributed by atoms with Crippen molar-refractivity contribution in [3.8, 4) is 6.07 Å². The Hall–Kier alpha value is -1.73. The number of nitriles is 1. The van der Waals surface area contributed by atoms with Crippen LogP contribution in [-0.2, 0) is 0 Å². The molecule has 68 valence electrons. The largest absolute Gasteiger partial charge is 0.448 e. The predicted octanol–water partition coefficient (Wildman–Crippen LogP) is 1.95. The quantitative estimate of drug-likeness (QED) is 0.666. The second-order valence-electron chi connectivity index (χ2n) is 2.72. The van der Waals surface area contributed by atoms with Crippen LogP contribution in [0.2, 0.25) is 0 Å². The second-order valence-corrected chi connectivity index (χ2v) is 3.13. The molecule has 0 fully saturated rings. The van der Waals surface area contributed by atoms with Gasteiger partial charge in [0.25, 0.3) is 0 Å². The summed E-state index contributed by atoms with van der Waals surface area (Å²) < 4.78 is 5.21. The minimum Gasteiger partial charge on any atom is -0.448 e. The van der Waals surface area contributed by atoms with E-state index in [-0.39, 0.29) is 16.1 Å². The summed E-state index contributed by atoms with van der Waals surface area (Å²) >= 11 is 3.93. The van der Waals surface area contributed by atoms with Crippen LogP contribution in [0.3, 0.4) is 0 Å². The molecule has 0 atom stereocenters. The Morgan fingerprint density at radius 2 is 2.07 bits per heavy atom. The molecule has 0 unspecified atom stereocenters. The number of hydrogen-bond acceptors (Lipinski definition) is 4. The zero-order chi connectivity index (χ0) is 10.1. The number of para-hydroxylation sites is 1. The topological polar surface area (TPSA) is 54.0 Å². The number of rotatable bonds is 0. The van der Waals surface area contributed by atoms with Gasteiger partial charge in [0.1, 0.15) is 17.2 Å². The van der Waals surface area contributed by atoms with Gasteiger partial charge in [-0.3, -0.25) is 4.79 Å². The Balaban J connectivity index is 3.03. The van der Waals surface area contributed by atoms with Crippen molar-refractivity contribution in [2.75, 3.05) is 0 Å². The van der Waals surface area contributed by atoms with E-state index < -0.39 is 0 Å². The van der Waals surface area contributed by atoms with Crippen LogP contribution in [0, 0.1) is 11.3 Å². The molecule has 0 aliphatic carbocycles. The van der Waals surface area contributed by atoms with Crippen molar-refractivity contribution in [3.63, 3.8) is 0 Å². The van der Waals surface area contributed by atoms with Gasteiger partial charge < -0.3 is 4.42 Å². The highest BCUT2D eigenvalue weighted by atomic mass is 32.1. The zero-order valence-electron chi connectivity index (χ0n) is 7.02. The third-order valence-corrected chi connectivity index (χ3v) is 2.21. The van der Waals surface area contributed by atoms with E-state index in [1.54, 1.807) is 30.3 Å². The lowest BCUT2D eigenvalue weighted by Crippen LogP contribution is -2.06. The molecular weight excluding hydrogens is 198 g/mol. The van der Waals surface area contributed by atoms with Crippen LogP contribution in [0.1, 0.15) is 5.56 Å². The number of nitrogens with zero attached hydrogens (tertiary/aromatic N) is 1. The molecule has 0 radical (unpaired) electrons. The summed E-state index contributed by atoms with van der Waals surface area (Å²) in [6.45, 7) is 0. The summed E-state index contributed by atoms with van der Waals surface area (Å²) in [5.74, 6) is 0. The van der Waals surface area contributed by atoms with Crippen LogP contribution in [0.15, 0.2) is 38.6 Å². The monoisotopic (exact) mass is 203 g/mol.